The summed E-state index contributed by atoms with van der Waals surface area (Å²) in [4.78, 5) is 12.0. The van der Waals surface area contributed by atoms with Crippen LogP contribution in [0.4, 0.5) is 13.2 Å². The highest BCUT2D eigenvalue weighted by molar-refractivity contribution is 6.17. The summed E-state index contributed by atoms with van der Waals surface area (Å²) in [6, 6.07) is 1.11. The van der Waals surface area contributed by atoms with Crippen molar-refractivity contribution in [3.05, 3.63) is 40.7 Å². The zero-order valence-electron chi connectivity index (χ0n) is 11.7. The van der Waals surface area contributed by atoms with E-state index < -0.39 is 29.0 Å². The number of rotatable bonds is 5. The summed E-state index contributed by atoms with van der Waals surface area (Å²) < 4.78 is 45.6. The maximum Gasteiger partial charge on any atom is 0.338 e. The number of benzene rings is 1. The van der Waals surface area contributed by atoms with Crippen LogP contribution in [0.1, 0.15) is 39.2 Å². The van der Waals surface area contributed by atoms with E-state index in [2.05, 4.69) is 0 Å². The van der Waals surface area contributed by atoms with Gasteiger partial charge in [0.1, 0.15) is 17.5 Å². The summed E-state index contributed by atoms with van der Waals surface area (Å²) in [6.07, 6.45) is 0.891. The van der Waals surface area contributed by atoms with Gasteiger partial charge in [0.15, 0.2) is 0 Å². The summed E-state index contributed by atoms with van der Waals surface area (Å²) in [6.45, 7) is 5.24. The van der Waals surface area contributed by atoms with Gasteiger partial charge in [-0.1, -0.05) is 19.4 Å². The number of hydrogen-bond acceptors (Lipinski definition) is 2. The summed E-state index contributed by atoms with van der Waals surface area (Å²) in [5.74, 6) is -4.04. The molecule has 0 unspecified atom stereocenters. The fraction of sp³-hybridized carbons (Fsp3) is 0.400. The predicted molar refractivity (Wildman–Crippen MR) is 70.5 cm³/mol. The normalized spacial score (nSPS) is 10.3. The summed E-state index contributed by atoms with van der Waals surface area (Å²) in [5.41, 5.74) is -0.108. The van der Waals surface area contributed by atoms with Gasteiger partial charge in [0.25, 0.3) is 0 Å². The molecule has 0 fully saturated rings. The highest BCUT2D eigenvalue weighted by atomic mass is 19.1. The van der Waals surface area contributed by atoms with Crippen molar-refractivity contribution in [3.63, 3.8) is 0 Å². The van der Waals surface area contributed by atoms with Crippen LogP contribution in [0.5, 0.6) is 0 Å². The van der Waals surface area contributed by atoms with Crippen LogP contribution in [-0.4, -0.2) is 12.6 Å². The number of ether oxygens (including phenoxy) is 1. The Morgan fingerprint density at radius 3 is 1.95 bits per heavy atom. The summed E-state index contributed by atoms with van der Waals surface area (Å²) in [7, 11) is 0. The van der Waals surface area contributed by atoms with E-state index in [-0.39, 0.29) is 12.2 Å². The van der Waals surface area contributed by atoms with E-state index in [9.17, 15) is 18.0 Å². The standard InChI is InChI=1S/C15H17F3O2/c1-4-9(5-2)13(15(19)20-6-3)14-11(17)7-10(16)8-12(14)18/h7-8H,4-6H2,1-3H3. The molecule has 1 aromatic carbocycles. The van der Waals surface area contributed by atoms with Crippen LogP contribution in [0.15, 0.2) is 17.7 Å². The Bertz CT molecular complexity index is 507. The Hall–Kier alpha value is -1.78. The molecule has 0 amide bonds. The number of allylic oxidation sites excluding steroid dienone is 1. The topological polar surface area (TPSA) is 26.3 Å². The fourth-order valence-corrected chi connectivity index (χ4v) is 2.01. The SMILES string of the molecule is CCOC(=O)C(=C(CC)CC)c1c(F)cc(F)cc1F. The average Bonchev–Trinajstić information content (AvgIpc) is 2.37. The first-order valence-corrected chi connectivity index (χ1v) is 6.50. The van der Waals surface area contributed by atoms with E-state index in [4.69, 9.17) is 4.74 Å². The number of carbonyl (C=O) groups excluding carboxylic acids is 1. The molecule has 0 bridgehead atoms. The molecular weight excluding hydrogens is 269 g/mol. The first kappa shape index (κ1) is 16.3. The summed E-state index contributed by atoms with van der Waals surface area (Å²) in [5, 5.41) is 0. The van der Waals surface area contributed by atoms with E-state index in [0.717, 1.165) is 0 Å². The first-order chi connectivity index (χ1) is 9.46. The minimum Gasteiger partial charge on any atom is -0.462 e. The van der Waals surface area contributed by atoms with Crippen LogP contribution in [0.3, 0.4) is 0 Å². The smallest absolute Gasteiger partial charge is 0.338 e. The maximum atomic E-state index is 13.9. The highest BCUT2D eigenvalue weighted by Gasteiger charge is 2.24. The van der Waals surface area contributed by atoms with Gasteiger partial charge in [-0.2, -0.15) is 0 Å². The molecule has 20 heavy (non-hydrogen) atoms. The van der Waals surface area contributed by atoms with E-state index in [1.807, 2.05) is 0 Å². The lowest BCUT2D eigenvalue weighted by molar-refractivity contribution is -0.136. The molecule has 1 aromatic rings. The van der Waals surface area contributed by atoms with Gasteiger partial charge in [-0.3, -0.25) is 0 Å². The van der Waals surface area contributed by atoms with Crippen LogP contribution >= 0.6 is 0 Å². The van der Waals surface area contributed by atoms with Gasteiger partial charge in [0, 0.05) is 12.1 Å². The van der Waals surface area contributed by atoms with Crippen molar-refractivity contribution in [2.24, 2.45) is 0 Å². The predicted octanol–water partition coefficient (Wildman–Crippen LogP) is 4.24. The maximum absolute atomic E-state index is 13.9. The number of esters is 1. The van der Waals surface area contributed by atoms with Crippen molar-refractivity contribution in [2.75, 3.05) is 6.61 Å². The van der Waals surface area contributed by atoms with Crippen LogP contribution < -0.4 is 0 Å². The zero-order valence-corrected chi connectivity index (χ0v) is 11.7. The minimum atomic E-state index is -1.11. The molecule has 1 rings (SSSR count). The van der Waals surface area contributed by atoms with Gasteiger partial charge < -0.3 is 4.74 Å². The van der Waals surface area contributed by atoms with Gasteiger partial charge in [-0.25, -0.2) is 18.0 Å². The van der Waals surface area contributed by atoms with Gasteiger partial charge in [-0.15, -0.1) is 0 Å². The minimum absolute atomic E-state index is 0.0907. The molecule has 0 aliphatic heterocycles. The average molecular weight is 286 g/mol. The monoisotopic (exact) mass is 286 g/mol. The lowest BCUT2D eigenvalue weighted by atomic mass is 9.95. The van der Waals surface area contributed by atoms with E-state index in [1.54, 1.807) is 20.8 Å². The largest absolute Gasteiger partial charge is 0.462 e. The molecule has 0 saturated heterocycles. The molecule has 0 aliphatic rings. The molecule has 110 valence electrons. The van der Waals surface area contributed by atoms with Gasteiger partial charge in [0.05, 0.1) is 17.7 Å². The second-order valence-electron chi connectivity index (χ2n) is 4.15. The van der Waals surface area contributed by atoms with Crippen molar-refractivity contribution >= 4 is 11.5 Å². The quantitative estimate of drug-likeness (QED) is 0.598. The van der Waals surface area contributed by atoms with Crippen molar-refractivity contribution in [2.45, 2.75) is 33.6 Å². The fourth-order valence-electron chi connectivity index (χ4n) is 2.01. The molecule has 0 spiro atoms. The van der Waals surface area contributed by atoms with Crippen LogP contribution in [0.25, 0.3) is 5.57 Å². The Kier molecular flexibility index (Phi) is 5.80. The molecule has 0 N–H and O–H groups in total. The third kappa shape index (κ3) is 3.40. The molecule has 0 radical (unpaired) electrons. The Labute approximate surface area is 116 Å². The zero-order chi connectivity index (χ0) is 15.3. The molecule has 0 atom stereocenters. The second-order valence-corrected chi connectivity index (χ2v) is 4.15. The number of hydrogen-bond donors (Lipinski definition) is 0. The molecule has 0 aliphatic carbocycles. The van der Waals surface area contributed by atoms with Gasteiger partial charge in [-0.05, 0) is 19.8 Å². The van der Waals surface area contributed by atoms with Crippen molar-refractivity contribution in [3.8, 4) is 0 Å². The summed E-state index contributed by atoms with van der Waals surface area (Å²) >= 11 is 0. The molecule has 0 heterocycles. The third-order valence-corrected chi connectivity index (χ3v) is 2.94. The van der Waals surface area contributed by atoms with E-state index in [1.165, 1.54) is 0 Å². The Morgan fingerprint density at radius 2 is 1.55 bits per heavy atom. The lowest BCUT2D eigenvalue weighted by Gasteiger charge is -2.14. The van der Waals surface area contributed by atoms with E-state index >= 15 is 0 Å². The first-order valence-electron chi connectivity index (χ1n) is 6.50. The second kappa shape index (κ2) is 7.12. The van der Waals surface area contributed by atoms with E-state index in [0.29, 0.717) is 30.5 Å². The third-order valence-electron chi connectivity index (χ3n) is 2.94. The molecule has 5 heteroatoms. The van der Waals surface area contributed by atoms with Crippen molar-refractivity contribution < 1.29 is 22.7 Å². The lowest BCUT2D eigenvalue weighted by Crippen LogP contribution is -2.12. The van der Waals surface area contributed by atoms with Crippen molar-refractivity contribution in [1.29, 1.82) is 0 Å². The Morgan fingerprint density at radius 1 is 1.05 bits per heavy atom. The van der Waals surface area contributed by atoms with Gasteiger partial charge in [0.2, 0.25) is 0 Å². The molecular formula is C15H17F3O2. The number of halogens is 3. The van der Waals surface area contributed by atoms with Crippen molar-refractivity contribution in [1.82, 2.24) is 0 Å². The number of carbonyl (C=O) groups is 1. The highest BCUT2D eigenvalue weighted by Crippen LogP contribution is 2.29. The van der Waals surface area contributed by atoms with Gasteiger partial charge >= 0.3 is 5.97 Å². The van der Waals surface area contributed by atoms with Crippen LogP contribution in [0, 0.1) is 17.5 Å². The molecule has 2 nitrogen and oxygen atoms in total. The molecule has 0 aromatic heterocycles. The van der Waals surface area contributed by atoms with Crippen LogP contribution in [0.2, 0.25) is 0 Å². The Balaban J connectivity index is 3.54. The molecule has 0 saturated carbocycles. The van der Waals surface area contributed by atoms with Crippen LogP contribution in [-0.2, 0) is 9.53 Å².